The zero-order valence-corrected chi connectivity index (χ0v) is 10.7. The molecule has 96 valence electrons. The highest BCUT2D eigenvalue weighted by Crippen LogP contribution is 2.16. The molecule has 0 amide bonds. The Balaban J connectivity index is 1.59. The molecule has 1 fully saturated rings. The predicted molar refractivity (Wildman–Crippen MR) is 71.5 cm³/mol. The van der Waals surface area contributed by atoms with E-state index in [4.69, 9.17) is 4.42 Å². The second-order valence-corrected chi connectivity index (χ2v) is 4.96. The molecular weight excluding hydrogens is 226 g/mol. The Kier molecular flexibility index (Phi) is 3.30. The maximum atomic E-state index is 5.54. The summed E-state index contributed by atoms with van der Waals surface area (Å²) in [6, 6.07) is 6.85. The number of nitrogens with zero attached hydrogens (tertiary/aromatic N) is 1. The smallest absolute Gasteiger partial charge is 0.192 e. The molecule has 4 heteroatoms. The molecule has 1 aromatic carbocycles. The van der Waals surface area contributed by atoms with Crippen molar-refractivity contribution in [3.05, 3.63) is 29.7 Å². The molecule has 0 aliphatic carbocycles. The second-order valence-electron chi connectivity index (χ2n) is 4.96. The van der Waals surface area contributed by atoms with E-state index in [1.807, 2.05) is 13.0 Å². The fraction of sp³-hybridized carbons (Fsp3) is 0.500. The highest BCUT2D eigenvalue weighted by atomic mass is 16.3. The van der Waals surface area contributed by atoms with E-state index in [-0.39, 0.29) is 0 Å². The molecule has 2 N–H and O–H groups in total. The van der Waals surface area contributed by atoms with Crippen LogP contribution in [0.2, 0.25) is 0 Å². The van der Waals surface area contributed by atoms with Gasteiger partial charge in [0.2, 0.25) is 0 Å². The maximum absolute atomic E-state index is 5.54. The van der Waals surface area contributed by atoms with Crippen molar-refractivity contribution in [3.8, 4) is 0 Å². The Bertz CT molecular complexity index is 529. The number of oxazole rings is 1. The van der Waals surface area contributed by atoms with E-state index in [0.29, 0.717) is 6.04 Å². The topological polar surface area (TPSA) is 50.1 Å². The molecule has 4 nitrogen and oxygen atoms in total. The van der Waals surface area contributed by atoms with Crippen LogP contribution in [0.25, 0.3) is 11.1 Å². The Morgan fingerprint density at radius 1 is 1.50 bits per heavy atom. The molecule has 1 unspecified atom stereocenters. The van der Waals surface area contributed by atoms with E-state index >= 15 is 0 Å². The summed E-state index contributed by atoms with van der Waals surface area (Å²) in [5, 5.41) is 6.98. The van der Waals surface area contributed by atoms with Crippen LogP contribution < -0.4 is 10.6 Å². The lowest BCUT2D eigenvalue weighted by atomic mass is 10.2. The van der Waals surface area contributed by atoms with Gasteiger partial charge >= 0.3 is 0 Å². The number of aromatic nitrogens is 1. The normalized spacial score (nSPS) is 19.7. The molecule has 0 radical (unpaired) electrons. The van der Waals surface area contributed by atoms with Gasteiger partial charge in [-0.2, -0.15) is 0 Å². The van der Waals surface area contributed by atoms with Crippen LogP contribution >= 0.6 is 0 Å². The molecule has 1 aromatic heterocycles. The van der Waals surface area contributed by atoms with Crippen LogP contribution in [0.5, 0.6) is 0 Å². The van der Waals surface area contributed by atoms with E-state index in [1.165, 1.54) is 18.4 Å². The quantitative estimate of drug-likeness (QED) is 0.864. The Morgan fingerprint density at radius 2 is 2.44 bits per heavy atom. The van der Waals surface area contributed by atoms with E-state index in [2.05, 4.69) is 27.8 Å². The number of hydrogen-bond acceptors (Lipinski definition) is 4. The summed E-state index contributed by atoms with van der Waals surface area (Å²) in [6.45, 7) is 4.96. The minimum absolute atomic E-state index is 0.640. The summed E-state index contributed by atoms with van der Waals surface area (Å²) in [4.78, 5) is 4.30. The van der Waals surface area contributed by atoms with Crippen molar-refractivity contribution in [3.63, 3.8) is 0 Å². The standard InChI is InChI=1S/C14H19N3O/c1-10-17-13-5-4-11(7-14(13)18-10)8-15-9-12-3-2-6-16-12/h4-5,7,12,15-16H,2-3,6,8-9H2,1H3. The third kappa shape index (κ3) is 2.54. The summed E-state index contributed by atoms with van der Waals surface area (Å²) >= 11 is 0. The number of aryl methyl sites for hydroxylation is 1. The van der Waals surface area contributed by atoms with Gasteiger partial charge in [-0.25, -0.2) is 4.98 Å². The van der Waals surface area contributed by atoms with Gasteiger partial charge in [0.1, 0.15) is 5.52 Å². The number of benzene rings is 1. The monoisotopic (exact) mass is 245 g/mol. The molecule has 1 aliphatic rings. The van der Waals surface area contributed by atoms with Crippen molar-refractivity contribution in [2.75, 3.05) is 13.1 Å². The minimum Gasteiger partial charge on any atom is -0.441 e. The number of rotatable bonds is 4. The highest BCUT2D eigenvalue weighted by molar-refractivity contribution is 5.73. The molecule has 0 spiro atoms. The predicted octanol–water partition coefficient (Wildman–Crippen LogP) is 1.98. The molecular formula is C14H19N3O. The average Bonchev–Trinajstić information content (AvgIpc) is 2.96. The molecule has 1 aliphatic heterocycles. The first-order valence-corrected chi connectivity index (χ1v) is 6.61. The van der Waals surface area contributed by atoms with E-state index in [1.54, 1.807) is 0 Å². The molecule has 3 rings (SSSR count). The van der Waals surface area contributed by atoms with E-state index in [9.17, 15) is 0 Å². The Hall–Kier alpha value is -1.39. The van der Waals surface area contributed by atoms with Crippen molar-refractivity contribution in [1.82, 2.24) is 15.6 Å². The van der Waals surface area contributed by atoms with Crippen LogP contribution in [-0.2, 0) is 6.54 Å². The molecule has 1 saturated heterocycles. The van der Waals surface area contributed by atoms with Crippen LogP contribution in [-0.4, -0.2) is 24.1 Å². The molecule has 2 heterocycles. The van der Waals surface area contributed by atoms with Gasteiger partial charge in [-0.15, -0.1) is 0 Å². The first-order chi connectivity index (χ1) is 8.81. The second kappa shape index (κ2) is 5.08. The summed E-state index contributed by atoms with van der Waals surface area (Å²) < 4.78 is 5.54. The molecule has 2 aromatic rings. The number of hydrogen-bond donors (Lipinski definition) is 2. The zero-order chi connectivity index (χ0) is 12.4. The third-order valence-electron chi connectivity index (χ3n) is 3.44. The molecule has 1 atom stereocenters. The van der Waals surface area contributed by atoms with Crippen molar-refractivity contribution in [2.24, 2.45) is 0 Å². The lowest BCUT2D eigenvalue weighted by Crippen LogP contribution is -2.33. The van der Waals surface area contributed by atoms with Crippen molar-refractivity contribution in [2.45, 2.75) is 32.4 Å². The average molecular weight is 245 g/mol. The van der Waals surface area contributed by atoms with E-state index < -0.39 is 0 Å². The zero-order valence-electron chi connectivity index (χ0n) is 10.7. The fourth-order valence-electron chi connectivity index (χ4n) is 2.52. The van der Waals surface area contributed by atoms with Gasteiger partial charge in [-0.1, -0.05) is 6.07 Å². The summed E-state index contributed by atoms with van der Waals surface area (Å²) in [6.07, 6.45) is 2.59. The van der Waals surface area contributed by atoms with Crippen LogP contribution in [0.3, 0.4) is 0 Å². The lowest BCUT2D eigenvalue weighted by molar-refractivity contribution is 0.535. The van der Waals surface area contributed by atoms with Gasteiger partial charge in [0.15, 0.2) is 11.5 Å². The van der Waals surface area contributed by atoms with Crippen LogP contribution in [0, 0.1) is 6.92 Å². The lowest BCUT2D eigenvalue weighted by Gasteiger charge is -2.11. The molecule has 0 bridgehead atoms. The SMILES string of the molecule is Cc1nc2ccc(CNCC3CCCN3)cc2o1. The number of fused-ring (bicyclic) bond motifs is 1. The summed E-state index contributed by atoms with van der Waals surface area (Å²) in [5.41, 5.74) is 3.07. The molecule has 18 heavy (non-hydrogen) atoms. The third-order valence-corrected chi connectivity index (χ3v) is 3.44. The van der Waals surface area contributed by atoms with Gasteiger partial charge in [-0.3, -0.25) is 0 Å². The van der Waals surface area contributed by atoms with Crippen molar-refractivity contribution in [1.29, 1.82) is 0 Å². The Morgan fingerprint density at radius 3 is 3.28 bits per heavy atom. The number of nitrogens with one attached hydrogen (secondary N) is 2. The largest absolute Gasteiger partial charge is 0.441 e. The Labute approximate surface area is 107 Å². The van der Waals surface area contributed by atoms with Gasteiger partial charge in [0, 0.05) is 26.1 Å². The van der Waals surface area contributed by atoms with E-state index in [0.717, 1.165) is 36.6 Å². The van der Waals surface area contributed by atoms with Crippen LogP contribution in [0.1, 0.15) is 24.3 Å². The van der Waals surface area contributed by atoms with Gasteiger partial charge in [-0.05, 0) is 37.1 Å². The first-order valence-electron chi connectivity index (χ1n) is 6.61. The fourth-order valence-corrected chi connectivity index (χ4v) is 2.52. The van der Waals surface area contributed by atoms with Crippen molar-refractivity contribution < 1.29 is 4.42 Å². The van der Waals surface area contributed by atoms with Gasteiger partial charge in [0.25, 0.3) is 0 Å². The first kappa shape index (κ1) is 11.7. The summed E-state index contributed by atoms with van der Waals surface area (Å²) in [7, 11) is 0. The minimum atomic E-state index is 0.640. The molecule has 0 saturated carbocycles. The van der Waals surface area contributed by atoms with Crippen LogP contribution in [0.4, 0.5) is 0 Å². The van der Waals surface area contributed by atoms with Gasteiger partial charge in [0.05, 0.1) is 0 Å². The summed E-state index contributed by atoms with van der Waals surface area (Å²) in [5.74, 6) is 0.727. The van der Waals surface area contributed by atoms with Crippen molar-refractivity contribution >= 4 is 11.1 Å². The highest BCUT2D eigenvalue weighted by Gasteiger charge is 2.12. The maximum Gasteiger partial charge on any atom is 0.192 e. The van der Waals surface area contributed by atoms with Crippen LogP contribution in [0.15, 0.2) is 22.6 Å². The van der Waals surface area contributed by atoms with Gasteiger partial charge < -0.3 is 15.1 Å².